The van der Waals surface area contributed by atoms with Crippen LogP contribution in [0, 0.1) is 5.92 Å². The summed E-state index contributed by atoms with van der Waals surface area (Å²) in [5, 5.41) is 0. The summed E-state index contributed by atoms with van der Waals surface area (Å²) in [6.45, 7) is 17.5. The van der Waals surface area contributed by atoms with E-state index < -0.39 is 0 Å². The van der Waals surface area contributed by atoms with Crippen LogP contribution in [0.4, 0.5) is 22.7 Å². The average Bonchev–Trinajstić information content (AvgIpc) is 3.64. The Kier molecular flexibility index (Phi) is 8.21. The average molecular weight is 428 g/mol. The first-order valence-electron chi connectivity index (χ1n) is 11.8. The predicted molar refractivity (Wildman–Crippen MR) is 142 cm³/mol. The van der Waals surface area contributed by atoms with Gasteiger partial charge in [0.25, 0.3) is 0 Å². The maximum Gasteiger partial charge on any atom is 0.0899 e. The van der Waals surface area contributed by atoms with Gasteiger partial charge in [0.05, 0.1) is 11.4 Å². The summed E-state index contributed by atoms with van der Waals surface area (Å²) in [5.41, 5.74) is 8.03. The Balaban J connectivity index is 1.96. The molecule has 3 rings (SSSR count). The molecule has 0 radical (unpaired) electrons. The minimum Gasteiger partial charge on any atom is -0.341 e. The van der Waals surface area contributed by atoms with Gasteiger partial charge in [-0.05, 0) is 91.8 Å². The smallest absolute Gasteiger partial charge is 0.0899 e. The normalized spacial score (nSPS) is 14.2. The minimum absolute atomic E-state index is 0.503. The molecular weight excluding hydrogens is 390 g/mol. The molecule has 0 amide bonds. The van der Waals surface area contributed by atoms with E-state index in [2.05, 4.69) is 91.4 Å². The molecule has 32 heavy (non-hydrogen) atoms. The Labute approximate surface area is 194 Å². The third kappa shape index (κ3) is 6.06. The van der Waals surface area contributed by atoms with E-state index in [0.29, 0.717) is 5.92 Å². The van der Waals surface area contributed by atoms with Crippen LogP contribution in [0.15, 0.2) is 70.7 Å². The summed E-state index contributed by atoms with van der Waals surface area (Å²) in [5.74, 6) is 1.27. The van der Waals surface area contributed by atoms with Gasteiger partial charge in [-0.1, -0.05) is 45.6 Å². The lowest BCUT2D eigenvalue weighted by molar-refractivity contribution is 0.808. The molecule has 0 heterocycles. The quantitative estimate of drug-likeness (QED) is 0.261. The van der Waals surface area contributed by atoms with Crippen LogP contribution in [0.1, 0.15) is 64.0 Å². The first-order valence-corrected chi connectivity index (χ1v) is 11.8. The number of hydrogen-bond donors (Lipinski definition) is 0. The highest BCUT2D eigenvalue weighted by Crippen LogP contribution is 2.39. The van der Waals surface area contributed by atoms with E-state index in [4.69, 9.17) is 0 Å². The van der Waals surface area contributed by atoms with Crippen molar-refractivity contribution < 1.29 is 0 Å². The summed E-state index contributed by atoms with van der Waals surface area (Å²) in [6, 6.07) is 13.4. The molecule has 0 bridgehead atoms. The minimum atomic E-state index is 0.503. The Morgan fingerprint density at radius 3 is 2.50 bits per heavy atom. The molecular formula is C29H37N3. The second-order valence-corrected chi connectivity index (χ2v) is 8.91. The summed E-state index contributed by atoms with van der Waals surface area (Å²) < 4.78 is 0. The number of hydrogen-bond acceptors (Lipinski definition) is 3. The number of rotatable bonds is 11. The van der Waals surface area contributed by atoms with E-state index in [-0.39, 0.29) is 0 Å². The Hall–Kier alpha value is -2.94. The van der Waals surface area contributed by atoms with Gasteiger partial charge in [-0.15, -0.1) is 0 Å². The van der Waals surface area contributed by atoms with Crippen LogP contribution in [0.25, 0.3) is 0 Å². The van der Waals surface area contributed by atoms with Crippen LogP contribution in [-0.2, 0) is 6.42 Å². The molecule has 3 nitrogen and oxygen atoms in total. The third-order valence-corrected chi connectivity index (χ3v) is 6.16. The van der Waals surface area contributed by atoms with Gasteiger partial charge in [-0.2, -0.15) is 0 Å². The third-order valence-electron chi connectivity index (χ3n) is 6.16. The Morgan fingerprint density at radius 1 is 1.12 bits per heavy atom. The van der Waals surface area contributed by atoms with Gasteiger partial charge in [0.1, 0.15) is 0 Å². The van der Waals surface area contributed by atoms with E-state index in [1.807, 2.05) is 19.2 Å². The zero-order chi connectivity index (χ0) is 23.1. The zero-order valence-electron chi connectivity index (χ0n) is 20.1. The van der Waals surface area contributed by atoms with Gasteiger partial charge in [-0.3, -0.25) is 9.98 Å². The fourth-order valence-corrected chi connectivity index (χ4v) is 3.80. The van der Waals surface area contributed by atoms with Crippen molar-refractivity contribution in [1.82, 2.24) is 0 Å². The fourth-order valence-electron chi connectivity index (χ4n) is 3.80. The van der Waals surface area contributed by atoms with Crippen molar-refractivity contribution in [2.24, 2.45) is 15.9 Å². The number of nitrogens with zero attached hydrogens (tertiary/aromatic N) is 3. The van der Waals surface area contributed by atoms with E-state index in [9.17, 15) is 0 Å². The molecule has 2 aromatic rings. The molecule has 168 valence electrons. The number of anilines is 2. The standard InChI is InChI=1S/C29H37N3/c1-7-22(8-2)14-15-31-28-13-12-26(19-29(28)30-6)32(20-24-10-11-24)27-17-23(9-3)16-25(18-27)21(4)5/h7-8,12-13,15-19,21,24H,1,6,9-11,14,20H2,2-5H3/b22-8+,31-15?. The molecule has 1 aliphatic carbocycles. The van der Waals surface area contributed by atoms with Crippen molar-refractivity contribution >= 4 is 35.7 Å². The van der Waals surface area contributed by atoms with Crippen molar-refractivity contribution in [3.63, 3.8) is 0 Å². The highest BCUT2D eigenvalue weighted by molar-refractivity contribution is 5.78. The second-order valence-electron chi connectivity index (χ2n) is 8.91. The molecule has 0 saturated heterocycles. The van der Waals surface area contributed by atoms with E-state index in [1.54, 1.807) is 0 Å². The lowest BCUT2D eigenvalue weighted by Gasteiger charge is -2.27. The van der Waals surface area contributed by atoms with Crippen LogP contribution in [0.2, 0.25) is 0 Å². The summed E-state index contributed by atoms with van der Waals surface area (Å²) in [7, 11) is 0. The maximum absolute atomic E-state index is 4.66. The molecule has 1 aliphatic rings. The molecule has 1 fully saturated rings. The summed E-state index contributed by atoms with van der Waals surface area (Å²) in [4.78, 5) is 11.4. The molecule has 0 N–H and O–H groups in total. The fraction of sp³-hybridized carbons (Fsp3) is 0.379. The van der Waals surface area contributed by atoms with Gasteiger partial charge >= 0.3 is 0 Å². The Morgan fingerprint density at radius 2 is 1.91 bits per heavy atom. The van der Waals surface area contributed by atoms with Crippen LogP contribution in [-0.4, -0.2) is 19.5 Å². The van der Waals surface area contributed by atoms with Crippen LogP contribution in [0.3, 0.4) is 0 Å². The molecule has 1 saturated carbocycles. The number of aryl methyl sites for hydroxylation is 1. The number of aliphatic imine (C=N–C) groups is 2. The van der Waals surface area contributed by atoms with E-state index in [1.165, 1.54) is 29.7 Å². The number of allylic oxidation sites excluding steroid dienone is 3. The van der Waals surface area contributed by atoms with Gasteiger partial charge in [0, 0.05) is 30.6 Å². The molecule has 0 aromatic heterocycles. The molecule has 0 spiro atoms. The largest absolute Gasteiger partial charge is 0.341 e. The van der Waals surface area contributed by atoms with Crippen molar-refractivity contribution in [1.29, 1.82) is 0 Å². The van der Waals surface area contributed by atoms with E-state index >= 15 is 0 Å². The Bertz CT molecular complexity index is 1010. The SMILES string of the molecule is C=C/C(=C\C)CC=Nc1ccc(N(CC2CC2)c2cc(CC)cc(C(C)C)c2)cc1N=C. The first-order chi connectivity index (χ1) is 15.5. The van der Waals surface area contributed by atoms with Gasteiger partial charge in [-0.25, -0.2) is 0 Å². The van der Waals surface area contributed by atoms with Crippen molar-refractivity contribution in [3.8, 4) is 0 Å². The molecule has 3 heteroatoms. The predicted octanol–water partition coefficient (Wildman–Crippen LogP) is 8.48. The van der Waals surface area contributed by atoms with Crippen molar-refractivity contribution in [3.05, 3.63) is 71.8 Å². The highest BCUT2D eigenvalue weighted by atomic mass is 15.1. The van der Waals surface area contributed by atoms with Crippen LogP contribution < -0.4 is 4.90 Å². The lowest BCUT2D eigenvalue weighted by atomic mass is 9.98. The van der Waals surface area contributed by atoms with Gasteiger partial charge in [0.2, 0.25) is 0 Å². The molecule has 2 aromatic carbocycles. The van der Waals surface area contributed by atoms with Crippen LogP contribution >= 0.6 is 0 Å². The molecule has 0 atom stereocenters. The monoisotopic (exact) mass is 427 g/mol. The molecule has 0 aliphatic heterocycles. The first kappa shape index (κ1) is 23.7. The summed E-state index contributed by atoms with van der Waals surface area (Å²) >= 11 is 0. The highest BCUT2D eigenvalue weighted by Gasteiger charge is 2.26. The van der Waals surface area contributed by atoms with Gasteiger partial charge in [0.15, 0.2) is 0 Å². The zero-order valence-corrected chi connectivity index (χ0v) is 20.1. The van der Waals surface area contributed by atoms with Crippen molar-refractivity contribution in [2.75, 3.05) is 11.4 Å². The van der Waals surface area contributed by atoms with E-state index in [0.717, 1.165) is 47.9 Å². The number of benzene rings is 2. The topological polar surface area (TPSA) is 28.0 Å². The maximum atomic E-state index is 4.66. The lowest BCUT2D eigenvalue weighted by Crippen LogP contribution is -2.20. The van der Waals surface area contributed by atoms with Crippen LogP contribution in [0.5, 0.6) is 0 Å². The second kappa shape index (κ2) is 11.1. The van der Waals surface area contributed by atoms with Gasteiger partial charge < -0.3 is 4.90 Å². The van der Waals surface area contributed by atoms with Crippen molar-refractivity contribution in [2.45, 2.75) is 59.3 Å². The molecule has 0 unspecified atom stereocenters. The summed E-state index contributed by atoms with van der Waals surface area (Å²) in [6.07, 6.45) is 10.3.